The second-order valence-electron chi connectivity index (χ2n) is 3.53. The zero-order valence-corrected chi connectivity index (χ0v) is 8.96. The average molecular weight is 190 g/mol. The highest BCUT2D eigenvalue weighted by Crippen LogP contribution is 2.17. The second-order valence-corrected chi connectivity index (χ2v) is 3.53. The zero-order valence-electron chi connectivity index (χ0n) is 8.96. The lowest BCUT2D eigenvalue weighted by Crippen LogP contribution is -2.21. The van der Waals surface area contributed by atoms with Crippen LogP contribution in [0.1, 0.15) is 32.0 Å². The first-order valence-corrected chi connectivity index (χ1v) is 5.02. The van der Waals surface area contributed by atoms with Gasteiger partial charge in [-0.2, -0.15) is 0 Å². The number of pyridine rings is 1. The first-order chi connectivity index (χ1) is 6.74. The molecule has 0 aliphatic carbocycles. The van der Waals surface area contributed by atoms with Crippen molar-refractivity contribution >= 4 is 0 Å². The summed E-state index contributed by atoms with van der Waals surface area (Å²) in [7, 11) is 0. The molecule has 1 N–H and O–H groups in total. The van der Waals surface area contributed by atoms with E-state index in [1.54, 1.807) is 0 Å². The van der Waals surface area contributed by atoms with Gasteiger partial charge in [-0.05, 0) is 32.0 Å². The number of aromatic nitrogens is 1. The molecule has 1 heterocycles. The van der Waals surface area contributed by atoms with Crippen LogP contribution < -0.4 is 5.32 Å². The molecule has 2 nitrogen and oxygen atoms in total. The lowest BCUT2D eigenvalue weighted by molar-refractivity contribution is 0.535. The summed E-state index contributed by atoms with van der Waals surface area (Å²) in [5.74, 6) is 0. The molecule has 0 aliphatic rings. The molecular weight excluding hydrogens is 172 g/mol. The van der Waals surface area contributed by atoms with Crippen LogP contribution in [0.15, 0.2) is 36.5 Å². The summed E-state index contributed by atoms with van der Waals surface area (Å²) in [5, 5.41) is 3.41. The van der Waals surface area contributed by atoms with Crippen molar-refractivity contribution in [3.63, 3.8) is 0 Å². The Kier molecular flexibility index (Phi) is 4.33. The lowest BCUT2D eigenvalue weighted by Gasteiger charge is -2.16. The van der Waals surface area contributed by atoms with E-state index in [2.05, 4.69) is 29.9 Å². The quantitative estimate of drug-likeness (QED) is 0.722. The maximum absolute atomic E-state index is 4.35. The van der Waals surface area contributed by atoms with Crippen LogP contribution in [0.2, 0.25) is 0 Å². The Morgan fingerprint density at radius 3 is 2.86 bits per heavy atom. The van der Waals surface area contributed by atoms with E-state index in [9.17, 15) is 0 Å². The Bertz CT molecular complexity index is 280. The maximum Gasteiger partial charge on any atom is 0.0576 e. The van der Waals surface area contributed by atoms with Gasteiger partial charge in [-0.25, -0.2) is 0 Å². The predicted molar refractivity (Wildman–Crippen MR) is 60.1 cm³/mol. The van der Waals surface area contributed by atoms with E-state index in [-0.39, 0.29) is 0 Å². The first-order valence-electron chi connectivity index (χ1n) is 5.02. The third-order valence-electron chi connectivity index (χ3n) is 2.05. The zero-order chi connectivity index (χ0) is 10.4. The SMILES string of the molecule is C=C(C)CC(NCC)c1ccccn1. The molecule has 14 heavy (non-hydrogen) atoms. The molecule has 0 aromatic carbocycles. The summed E-state index contributed by atoms with van der Waals surface area (Å²) < 4.78 is 0. The fourth-order valence-corrected chi connectivity index (χ4v) is 1.46. The molecule has 76 valence electrons. The van der Waals surface area contributed by atoms with Crippen LogP contribution >= 0.6 is 0 Å². The fourth-order valence-electron chi connectivity index (χ4n) is 1.46. The molecule has 0 radical (unpaired) electrons. The minimum Gasteiger partial charge on any atom is -0.309 e. The number of nitrogens with zero attached hydrogens (tertiary/aromatic N) is 1. The van der Waals surface area contributed by atoms with Crippen LogP contribution in [-0.2, 0) is 0 Å². The standard InChI is InChI=1S/C12H18N2/c1-4-13-12(9-10(2)3)11-7-5-6-8-14-11/h5-8,12-13H,2,4,9H2,1,3H3. The average Bonchev–Trinajstić information content (AvgIpc) is 2.18. The maximum atomic E-state index is 4.35. The van der Waals surface area contributed by atoms with Crippen molar-refractivity contribution in [2.45, 2.75) is 26.3 Å². The van der Waals surface area contributed by atoms with E-state index in [1.807, 2.05) is 25.3 Å². The van der Waals surface area contributed by atoms with Gasteiger partial charge in [-0.3, -0.25) is 4.98 Å². The number of hydrogen-bond donors (Lipinski definition) is 1. The molecule has 1 aromatic heterocycles. The molecule has 0 saturated heterocycles. The van der Waals surface area contributed by atoms with Crippen LogP contribution in [0.3, 0.4) is 0 Å². The highest BCUT2D eigenvalue weighted by molar-refractivity contribution is 5.11. The van der Waals surface area contributed by atoms with Crippen molar-refractivity contribution in [3.05, 3.63) is 42.2 Å². The molecule has 0 spiro atoms. The topological polar surface area (TPSA) is 24.9 Å². The third kappa shape index (κ3) is 3.30. The van der Waals surface area contributed by atoms with Gasteiger partial charge in [0.1, 0.15) is 0 Å². The molecule has 1 atom stereocenters. The largest absolute Gasteiger partial charge is 0.309 e. The Morgan fingerprint density at radius 1 is 1.57 bits per heavy atom. The molecule has 1 aromatic rings. The van der Waals surface area contributed by atoms with Gasteiger partial charge < -0.3 is 5.32 Å². The van der Waals surface area contributed by atoms with Gasteiger partial charge in [0.15, 0.2) is 0 Å². The molecule has 0 fully saturated rings. The van der Waals surface area contributed by atoms with Gasteiger partial charge in [-0.15, -0.1) is 6.58 Å². The molecule has 1 rings (SSSR count). The van der Waals surface area contributed by atoms with Crippen molar-refractivity contribution in [1.82, 2.24) is 10.3 Å². The fraction of sp³-hybridized carbons (Fsp3) is 0.417. The molecule has 2 heteroatoms. The van der Waals surface area contributed by atoms with Gasteiger partial charge in [0.05, 0.1) is 11.7 Å². The van der Waals surface area contributed by atoms with Gasteiger partial charge in [0.25, 0.3) is 0 Å². The molecule has 0 saturated carbocycles. The molecular formula is C12H18N2. The Balaban J connectivity index is 2.72. The van der Waals surface area contributed by atoms with E-state index in [1.165, 1.54) is 5.57 Å². The summed E-state index contributed by atoms with van der Waals surface area (Å²) in [5.41, 5.74) is 2.28. The lowest BCUT2D eigenvalue weighted by atomic mass is 10.1. The number of rotatable bonds is 5. The van der Waals surface area contributed by atoms with E-state index < -0.39 is 0 Å². The summed E-state index contributed by atoms with van der Waals surface area (Å²) >= 11 is 0. The monoisotopic (exact) mass is 190 g/mol. The van der Waals surface area contributed by atoms with Crippen molar-refractivity contribution in [3.8, 4) is 0 Å². The second kappa shape index (κ2) is 5.55. The van der Waals surface area contributed by atoms with Gasteiger partial charge in [0, 0.05) is 6.20 Å². The molecule has 1 unspecified atom stereocenters. The van der Waals surface area contributed by atoms with Crippen LogP contribution in [-0.4, -0.2) is 11.5 Å². The highest BCUT2D eigenvalue weighted by atomic mass is 14.9. The van der Waals surface area contributed by atoms with Crippen LogP contribution in [0.4, 0.5) is 0 Å². The van der Waals surface area contributed by atoms with Crippen molar-refractivity contribution < 1.29 is 0 Å². The van der Waals surface area contributed by atoms with E-state index in [4.69, 9.17) is 0 Å². The van der Waals surface area contributed by atoms with Crippen LogP contribution in [0.25, 0.3) is 0 Å². The Hall–Kier alpha value is -1.15. The van der Waals surface area contributed by atoms with E-state index >= 15 is 0 Å². The summed E-state index contributed by atoms with van der Waals surface area (Å²) in [6.45, 7) is 9.04. The predicted octanol–water partition coefficient (Wildman–Crippen LogP) is 2.70. The first kappa shape index (κ1) is 10.9. The normalized spacial score (nSPS) is 12.4. The minimum atomic E-state index is 0.304. The van der Waals surface area contributed by atoms with Crippen LogP contribution in [0.5, 0.6) is 0 Å². The molecule has 0 bridgehead atoms. The summed E-state index contributed by atoms with van der Waals surface area (Å²) in [6, 6.07) is 6.31. The Morgan fingerprint density at radius 2 is 2.36 bits per heavy atom. The summed E-state index contributed by atoms with van der Waals surface area (Å²) in [4.78, 5) is 4.35. The van der Waals surface area contributed by atoms with E-state index in [0.717, 1.165) is 18.7 Å². The molecule has 0 aliphatic heterocycles. The van der Waals surface area contributed by atoms with Crippen LogP contribution in [0, 0.1) is 0 Å². The molecule has 0 amide bonds. The number of hydrogen-bond acceptors (Lipinski definition) is 2. The minimum absolute atomic E-state index is 0.304. The van der Waals surface area contributed by atoms with Crippen molar-refractivity contribution in [2.75, 3.05) is 6.54 Å². The van der Waals surface area contributed by atoms with Gasteiger partial charge in [-0.1, -0.05) is 18.6 Å². The van der Waals surface area contributed by atoms with Crippen molar-refractivity contribution in [1.29, 1.82) is 0 Å². The van der Waals surface area contributed by atoms with Crippen molar-refractivity contribution in [2.24, 2.45) is 0 Å². The highest BCUT2D eigenvalue weighted by Gasteiger charge is 2.10. The Labute approximate surface area is 86.1 Å². The van der Waals surface area contributed by atoms with Gasteiger partial charge >= 0.3 is 0 Å². The van der Waals surface area contributed by atoms with Gasteiger partial charge in [0.2, 0.25) is 0 Å². The third-order valence-corrected chi connectivity index (χ3v) is 2.05. The smallest absolute Gasteiger partial charge is 0.0576 e. The summed E-state index contributed by atoms with van der Waals surface area (Å²) in [6.07, 6.45) is 2.78. The number of nitrogens with one attached hydrogen (secondary N) is 1. The van der Waals surface area contributed by atoms with E-state index in [0.29, 0.717) is 6.04 Å².